The largest absolute Gasteiger partial charge is 0.368 e. The standard InChI is InChI=1S/C15H16ClN5.3C2H6/c1-8-6-18-12(10(3)9(8)2)7-21-5-4-11-13(16)19-15(17)20-14(11)21;3*1-2/h4-6H,7H2,1-3H3,(H2,17,19,20);3*1-2H3. The van der Waals surface area contributed by atoms with Crippen molar-refractivity contribution in [2.75, 3.05) is 5.73 Å². The van der Waals surface area contributed by atoms with E-state index in [4.69, 9.17) is 17.3 Å². The van der Waals surface area contributed by atoms with Crippen LogP contribution in [0, 0.1) is 20.8 Å². The summed E-state index contributed by atoms with van der Waals surface area (Å²) in [4.78, 5) is 12.8. The third-order valence-corrected chi connectivity index (χ3v) is 4.20. The lowest BCUT2D eigenvalue weighted by atomic mass is 10.0. The first-order chi connectivity index (χ1) is 13.0. The highest BCUT2D eigenvalue weighted by molar-refractivity contribution is 6.34. The second-order valence-electron chi connectivity index (χ2n) is 5.19. The van der Waals surface area contributed by atoms with Gasteiger partial charge in [-0.15, -0.1) is 0 Å². The average Bonchev–Trinajstić information content (AvgIpc) is 3.10. The molecular weight excluding hydrogens is 358 g/mol. The Labute approximate surface area is 169 Å². The van der Waals surface area contributed by atoms with E-state index in [9.17, 15) is 0 Å². The van der Waals surface area contributed by atoms with Gasteiger partial charge in [0.15, 0.2) is 0 Å². The lowest BCUT2D eigenvalue weighted by Gasteiger charge is -2.11. The van der Waals surface area contributed by atoms with Gasteiger partial charge in [-0.25, -0.2) is 4.98 Å². The highest BCUT2D eigenvalue weighted by atomic mass is 35.5. The summed E-state index contributed by atoms with van der Waals surface area (Å²) in [5.41, 5.74) is 11.1. The summed E-state index contributed by atoms with van der Waals surface area (Å²) in [6, 6.07) is 1.90. The van der Waals surface area contributed by atoms with Gasteiger partial charge in [-0.05, 0) is 43.5 Å². The fraction of sp³-hybridized carbons (Fsp3) is 0.476. The van der Waals surface area contributed by atoms with Crippen molar-refractivity contribution in [3.05, 3.63) is 46.0 Å². The Kier molecular flexibility index (Phi) is 11.3. The normalized spacial score (nSPS) is 9.41. The molecule has 3 aromatic heterocycles. The quantitative estimate of drug-likeness (QED) is 0.534. The third kappa shape index (κ3) is 5.93. The molecule has 0 aliphatic rings. The van der Waals surface area contributed by atoms with Crippen molar-refractivity contribution in [3.63, 3.8) is 0 Å². The van der Waals surface area contributed by atoms with E-state index in [0.717, 1.165) is 16.7 Å². The third-order valence-electron chi connectivity index (χ3n) is 3.91. The lowest BCUT2D eigenvalue weighted by Crippen LogP contribution is -2.06. The second kappa shape index (κ2) is 12.3. The number of anilines is 1. The van der Waals surface area contributed by atoms with Gasteiger partial charge < -0.3 is 10.3 Å². The van der Waals surface area contributed by atoms with E-state index in [1.54, 1.807) is 0 Å². The fourth-order valence-electron chi connectivity index (χ4n) is 2.37. The van der Waals surface area contributed by atoms with Crippen molar-refractivity contribution in [3.8, 4) is 0 Å². The Bertz CT molecular complexity index is 840. The number of halogens is 1. The van der Waals surface area contributed by atoms with E-state index in [1.807, 2.05) is 64.6 Å². The summed E-state index contributed by atoms with van der Waals surface area (Å²) in [7, 11) is 0. The number of hydrogen-bond donors (Lipinski definition) is 1. The molecular formula is C21H34ClN5. The van der Waals surface area contributed by atoms with Crippen molar-refractivity contribution >= 4 is 28.6 Å². The Balaban J connectivity index is 0.00000103. The Morgan fingerprint density at radius 3 is 2.15 bits per heavy atom. The van der Waals surface area contributed by atoms with Gasteiger partial charge in [0, 0.05) is 12.4 Å². The minimum atomic E-state index is 0.178. The zero-order valence-electron chi connectivity index (χ0n) is 18.2. The van der Waals surface area contributed by atoms with Crippen molar-refractivity contribution in [2.45, 2.75) is 68.9 Å². The highest BCUT2D eigenvalue weighted by Crippen LogP contribution is 2.23. The number of aryl methyl sites for hydroxylation is 1. The Morgan fingerprint density at radius 1 is 0.963 bits per heavy atom. The monoisotopic (exact) mass is 391 g/mol. The molecule has 0 aliphatic heterocycles. The second-order valence-corrected chi connectivity index (χ2v) is 5.55. The maximum atomic E-state index is 6.10. The van der Waals surface area contributed by atoms with E-state index in [-0.39, 0.29) is 5.95 Å². The summed E-state index contributed by atoms with van der Waals surface area (Å²) >= 11 is 6.10. The van der Waals surface area contributed by atoms with E-state index in [2.05, 4.69) is 35.7 Å². The molecule has 0 saturated carbocycles. The topological polar surface area (TPSA) is 69.6 Å². The minimum absolute atomic E-state index is 0.178. The van der Waals surface area contributed by atoms with Gasteiger partial charge >= 0.3 is 0 Å². The Morgan fingerprint density at radius 2 is 1.56 bits per heavy atom. The average molecular weight is 392 g/mol. The van der Waals surface area contributed by atoms with Crippen LogP contribution in [0.2, 0.25) is 5.15 Å². The molecule has 27 heavy (non-hydrogen) atoms. The highest BCUT2D eigenvalue weighted by Gasteiger charge is 2.11. The van der Waals surface area contributed by atoms with Crippen LogP contribution in [0.4, 0.5) is 5.95 Å². The molecule has 0 atom stereocenters. The minimum Gasteiger partial charge on any atom is -0.368 e. The summed E-state index contributed by atoms with van der Waals surface area (Å²) in [5.74, 6) is 0.178. The SMILES string of the molecule is CC.CC.CC.Cc1cnc(Cn2ccc3c(Cl)nc(N)nc32)c(C)c1C. The summed E-state index contributed by atoms with van der Waals surface area (Å²) in [6.45, 7) is 18.9. The number of aromatic nitrogens is 4. The zero-order valence-corrected chi connectivity index (χ0v) is 18.9. The van der Waals surface area contributed by atoms with Crippen LogP contribution in [0.15, 0.2) is 18.5 Å². The van der Waals surface area contributed by atoms with Crippen LogP contribution in [-0.2, 0) is 6.54 Å². The maximum absolute atomic E-state index is 6.10. The van der Waals surface area contributed by atoms with Crippen molar-refractivity contribution in [2.24, 2.45) is 0 Å². The van der Waals surface area contributed by atoms with Crippen molar-refractivity contribution < 1.29 is 0 Å². The molecule has 0 fully saturated rings. The molecule has 3 aromatic rings. The number of nitrogens with two attached hydrogens (primary N) is 1. The van der Waals surface area contributed by atoms with Crippen LogP contribution in [-0.4, -0.2) is 19.5 Å². The molecule has 0 spiro atoms. The van der Waals surface area contributed by atoms with Gasteiger partial charge in [-0.2, -0.15) is 4.98 Å². The summed E-state index contributed by atoms with van der Waals surface area (Å²) in [6.07, 6.45) is 3.83. The predicted octanol–water partition coefficient (Wildman–Crippen LogP) is 6.11. The van der Waals surface area contributed by atoms with E-state index >= 15 is 0 Å². The molecule has 6 heteroatoms. The number of fused-ring (bicyclic) bond motifs is 1. The van der Waals surface area contributed by atoms with Crippen molar-refractivity contribution in [1.29, 1.82) is 0 Å². The van der Waals surface area contributed by atoms with Gasteiger partial charge in [0.05, 0.1) is 17.6 Å². The van der Waals surface area contributed by atoms with Gasteiger partial charge in [-0.3, -0.25) is 4.98 Å². The van der Waals surface area contributed by atoms with Crippen LogP contribution in [0.5, 0.6) is 0 Å². The molecule has 0 amide bonds. The molecule has 2 N–H and O–H groups in total. The molecule has 3 rings (SSSR count). The predicted molar refractivity (Wildman–Crippen MR) is 119 cm³/mol. The number of rotatable bonds is 2. The smallest absolute Gasteiger partial charge is 0.223 e. The summed E-state index contributed by atoms with van der Waals surface area (Å²) in [5, 5.41) is 1.17. The molecule has 3 heterocycles. The van der Waals surface area contributed by atoms with E-state index in [1.165, 1.54) is 16.7 Å². The van der Waals surface area contributed by atoms with Gasteiger partial charge in [0.1, 0.15) is 10.8 Å². The van der Waals surface area contributed by atoms with Crippen LogP contribution < -0.4 is 5.73 Å². The van der Waals surface area contributed by atoms with E-state index < -0.39 is 0 Å². The molecule has 0 bridgehead atoms. The van der Waals surface area contributed by atoms with Crippen LogP contribution in [0.3, 0.4) is 0 Å². The van der Waals surface area contributed by atoms with Crippen LogP contribution in [0.1, 0.15) is 63.9 Å². The molecule has 0 saturated heterocycles. The number of nitrogens with zero attached hydrogens (tertiary/aromatic N) is 4. The first-order valence-corrected chi connectivity index (χ1v) is 10.0. The molecule has 150 valence electrons. The molecule has 0 aromatic carbocycles. The lowest BCUT2D eigenvalue weighted by molar-refractivity contribution is 0.786. The maximum Gasteiger partial charge on any atom is 0.223 e. The van der Waals surface area contributed by atoms with Crippen LogP contribution in [0.25, 0.3) is 11.0 Å². The molecule has 0 radical (unpaired) electrons. The van der Waals surface area contributed by atoms with Crippen LogP contribution >= 0.6 is 11.6 Å². The molecule has 0 aliphatic carbocycles. The van der Waals surface area contributed by atoms with Gasteiger partial charge in [-0.1, -0.05) is 53.1 Å². The van der Waals surface area contributed by atoms with Gasteiger partial charge in [0.25, 0.3) is 0 Å². The number of pyridine rings is 1. The Hall–Kier alpha value is -2.14. The summed E-state index contributed by atoms with van der Waals surface area (Å²) < 4.78 is 1.99. The van der Waals surface area contributed by atoms with Gasteiger partial charge in [0.2, 0.25) is 5.95 Å². The molecule has 5 nitrogen and oxygen atoms in total. The first-order valence-electron chi connectivity index (χ1n) is 9.67. The van der Waals surface area contributed by atoms with Crippen molar-refractivity contribution in [1.82, 2.24) is 19.5 Å². The number of nitrogen functional groups attached to an aromatic ring is 1. The first kappa shape index (κ1) is 24.9. The zero-order chi connectivity index (χ0) is 21.1. The fourth-order valence-corrected chi connectivity index (χ4v) is 2.61. The number of hydrogen-bond acceptors (Lipinski definition) is 4. The van der Waals surface area contributed by atoms with E-state index in [0.29, 0.717) is 11.7 Å². The molecule has 0 unspecified atom stereocenters.